The molecular formula is C25H27NO5S. The van der Waals surface area contributed by atoms with Gasteiger partial charge in [0.25, 0.3) is 0 Å². The maximum Gasteiger partial charge on any atom is 0.315 e. The maximum absolute atomic E-state index is 13.5. The lowest BCUT2D eigenvalue weighted by molar-refractivity contribution is -0.146. The molecule has 2 heterocycles. The minimum absolute atomic E-state index is 0.0132. The van der Waals surface area contributed by atoms with E-state index in [1.54, 1.807) is 32.5 Å². The SMILES string of the molecule is CCOC(=O)C1C(C)=NC2=C(C(=O)C[C@H](c3ccc(OC)c(OC)c3)C2)[C@@H]1c1cccs1. The third kappa shape index (κ3) is 3.97. The quantitative estimate of drug-likeness (QED) is 0.582. The number of benzene rings is 1. The minimum atomic E-state index is -0.575. The Bertz CT molecular complexity index is 1090. The Kier molecular flexibility index (Phi) is 6.46. The average molecular weight is 454 g/mol. The maximum atomic E-state index is 13.5. The molecule has 6 nitrogen and oxygen atoms in total. The van der Waals surface area contributed by atoms with Crippen molar-refractivity contribution < 1.29 is 23.8 Å². The van der Waals surface area contributed by atoms with Gasteiger partial charge in [0.05, 0.1) is 20.8 Å². The molecule has 0 spiro atoms. The van der Waals surface area contributed by atoms with Crippen molar-refractivity contribution >= 4 is 28.8 Å². The Morgan fingerprint density at radius 2 is 1.94 bits per heavy atom. The number of allylic oxidation sites excluding steroid dienone is 2. The van der Waals surface area contributed by atoms with Crippen LogP contribution in [0, 0.1) is 5.92 Å². The smallest absolute Gasteiger partial charge is 0.315 e. The number of hydrogen-bond donors (Lipinski definition) is 0. The number of carbonyl (C=O) groups is 2. The number of ether oxygens (including phenoxy) is 3. The lowest BCUT2D eigenvalue weighted by Gasteiger charge is -2.36. The van der Waals surface area contributed by atoms with Gasteiger partial charge in [0.1, 0.15) is 5.92 Å². The Morgan fingerprint density at radius 1 is 1.16 bits per heavy atom. The first-order chi connectivity index (χ1) is 15.5. The molecule has 0 saturated carbocycles. The van der Waals surface area contributed by atoms with E-state index in [-0.39, 0.29) is 23.6 Å². The number of aliphatic imine (C=N–C) groups is 1. The highest BCUT2D eigenvalue weighted by Gasteiger charge is 2.45. The molecule has 1 aliphatic carbocycles. The molecule has 0 saturated heterocycles. The Labute approximate surface area is 191 Å². The predicted molar refractivity (Wildman–Crippen MR) is 124 cm³/mol. The van der Waals surface area contributed by atoms with Gasteiger partial charge in [-0.3, -0.25) is 14.6 Å². The van der Waals surface area contributed by atoms with Gasteiger partial charge >= 0.3 is 5.97 Å². The van der Waals surface area contributed by atoms with E-state index >= 15 is 0 Å². The Hall–Kier alpha value is -2.93. The summed E-state index contributed by atoms with van der Waals surface area (Å²) in [5, 5.41) is 1.97. The minimum Gasteiger partial charge on any atom is -0.493 e. The molecular weight excluding hydrogens is 426 g/mol. The number of nitrogens with zero attached hydrogens (tertiary/aromatic N) is 1. The summed E-state index contributed by atoms with van der Waals surface area (Å²) in [5.41, 5.74) is 3.14. The Morgan fingerprint density at radius 3 is 2.59 bits per heavy atom. The Balaban J connectivity index is 1.74. The van der Waals surface area contributed by atoms with Gasteiger partial charge in [-0.15, -0.1) is 11.3 Å². The molecule has 4 rings (SSSR count). The van der Waals surface area contributed by atoms with Gasteiger partial charge in [0.2, 0.25) is 0 Å². The zero-order valence-electron chi connectivity index (χ0n) is 18.7. The van der Waals surface area contributed by atoms with Gasteiger partial charge in [0.15, 0.2) is 17.3 Å². The van der Waals surface area contributed by atoms with Gasteiger partial charge in [-0.1, -0.05) is 12.1 Å². The summed E-state index contributed by atoms with van der Waals surface area (Å²) >= 11 is 1.56. The first-order valence-electron chi connectivity index (χ1n) is 10.7. The molecule has 168 valence electrons. The van der Waals surface area contributed by atoms with E-state index in [0.717, 1.165) is 16.1 Å². The number of rotatable bonds is 6. The normalized spacial score (nSPS) is 22.8. The fourth-order valence-corrected chi connectivity index (χ4v) is 5.59. The van der Waals surface area contributed by atoms with E-state index in [1.165, 1.54) is 0 Å². The second kappa shape index (κ2) is 9.28. The largest absolute Gasteiger partial charge is 0.493 e. The van der Waals surface area contributed by atoms with Gasteiger partial charge in [0, 0.05) is 34.2 Å². The van der Waals surface area contributed by atoms with E-state index in [1.807, 2.05) is 42.6 Å². The number of thiophene rings is 1. The van der Waals surface area contributed by atoms with E-state index in [4.69, 9.17) is 19.2 Å². The van der Waals surface area contributed by atoms with Crippen molar-refractivity contribution in [3.05, 3.63) is 57.4 Å². The van der Waals surface area contributed by atoms with Crippen molar-refractivity contribution in [2.45, 2.75) is 38.5 Å². The number of methoxy groups -OCH3 is 2. The molecule has 1 aliphatic heterocycles. The molecule has 1 aromatic heterocycles. The number of ketones is 1. The van der Waals surface area contributed by atoms with Crippen molar-refractivity contribution in [2.24, 2.45) is 10.9 Å². The summed E-state index contributed by atoms with van der Waals surface area (Å²) in [5.74, 6) is 0.0674. The molecule has 0 N–H and O–H groups in total. The highest BCUT2D eigenvalue weighted by Crippen LogP contribution is 2.48. The van der Waals surface area contributed by atoms with Gasteiger partial charge in [-0.2, -0.15) is 0 Å². The first-order valence-corrected chi connectivity index (χ1v) is 11.6. The number of hydrogen-bond acceptors (Lipinski definition) is 7. The van der Waals surface area contributed by atoms with Crippen LogP contribution in [-0.4, -0.2) is 38.3 Å². The fraction of sp³-hybridized carbons (Fsp3) is 0.400. The van der Waals surface area contributed by atoms with Crippen LogP contribution in [0.5, 0.6) is 11.5 Å². The molecule has 0 amide bonds. The summed E-state index contributed by atoms with van der Waals surface area (Å²) in [6.45, 7) is 3.94. The van der Waals surface area contributed by atoms with Crippen LogP contribution in [0.15, 0.2) is 52.0 Å². The van der Waals surface area contributed by atoms with Crippen LogP contribution in [0.25, 0.3) is 0 Å². The molecule has 2 aliphatic rings. The fourth-order valence-electron chi connectivity index (χ4n) is 4.72. The molecule has 1 aromatic carbocycles. The van der Waals surface area contributed by atoms with Gasteiger partial charge < -0.3 is 14.2 Å². The first kappa shape index (κ1) is 22.3. The standard InChI is InChI=1S/C25H27NO5S/c1-5-31-25(28)22-14(2)26-17-11-16(15-8-9-19(29-3)20(13-15)30-4)12-18(27)23(17)24(22)21-7-6-10-32-21/h6-10,13,16,22,24H,5,11-12H2,1-4H3/t16-,22?,24-/m1/s1. The van der Waals surface area contributed by atoms with Crippen molar-refractivity contribution in [3.8, 4) is 11.5 Å². The molecule has 0 radical (unpaired) electrons. The van der Waals surface area contributed by atoms with Crippen molar-refractivity contribution in [1.82, 2.24) is 0 Å². The topological polar surface area (TPSA) is 74.2 Å². The third-order valence-electron chi connectivity index (χ3n) is 6.16. The summed E-state index contributed by atoms with van der Waals surface area (Å²) in [7, 11) is 3.20. The van der Waals surface area contributed by atoms with E-state index in [0.29, 0.717) is 42.2 Å². The lowest BCUT2D eigenvalue weighted by Crippen LogP contribution is -2.37. The molecule has 2 aromatic rings. The molecule has 7 heteroatoms. The molecule has 3 atom stereocenters. The molecule has 32 heavy (non-hydrogen) atoms. The molecule has 0 fully saturated rings. The zero-order chi connectivity index (χ0) is 22.8. The third-order valence-corrected chi connectivity index (χ3v) is 7.11. The predicted octanol–water partition coefficient (Wildman–Crippen LogP) is 4.90. The van der Waals surface area contributed by atoms with Crippen LogP contribution < -0.4 is 9.47 Å². The summed E-state index contributed by atoms with van der Waals surface area (Å²) in [6.07, 6.45) is 0.992. The number of esters is 1. The number of carbonyl (C=O) groups excluding carboxylic acids is 2. The highest BCUT2D eigenvalue weighted by atomic mass is 32.1. The summed E-state index contributed by atoms with van der Waals surface area (Å²) < 4.78 is 16.1. The van der Waals surface area contributed by atoms with Crippen molar-refractivity contribution in [1.29, 1.82) is 0 Å². The van der Waals surface area contributed by atoms with Crippen LogP contribution in [0.1, 0.15) is 49.0 Å². The van der Waals surface area contributed by atoms with E-state index in [2.05, 4.69) is 0 Å². The van der Waals surface area contributed by atoms with Crippen molar-refractivity contribution in [2.75, 3.05) is 20.8 Å². The van der Waals surface area contributed by atoms with Crippen molar-refractivity contribution in [3.63, 3.8) is 0 Å². The van der Waals surface area contributed by atoms with Gasteiger partial charge in [-0.25, -0.2) is 0 Å². The van der Waals surface area contributed by atoms with E-state index in [9.17, 15) is 9.59 Å². The monoisotopic (exact) mass is 453 g/mol. The summed E-state index contributed by atoms with van der Waals surface area (Å²) in [4.78, 5) is 32.1. The highest BCUT2D eigenvalue weighted by molar-refractivity contribution is 7.10. The van der Waals surface area contributed by atoms with Crippen LogP contribution in [0.3, 0.4) is 0 Å². The lowest BCUT2D eigenvalue weighted by atomic mass is 9.71. The molecule has 1 unspecified atom stereocenters. The summed E-state index contributed by atoms with van der Waals surface area (Å²) in [6, 6.07) is 9.70. The second-order valence-corrected chi connectivity index (χ2v) is 8.96. The van der Waals surface area contributed by atoms with Crippen LogP contribution in [-0.2, 0) is 14.3 Å². The average Bonchev–Trinajstić information content (AvgIpc) is 3.32. The number of Topliss-reactive ketones (excluding diaryl/α,β-unsaturated/α-hetero) is 1. The van der Waals surface area contributed by atoms with Crippen LogP contribution in [0.2, 0.25) is 0 Å². The van der Waals surface area contributed by atoms with E-state index < -0.39 is 5.92 Å². The second-order valence-electron chi connectivity index (χ2n) is 7.98. The van der Waals surface area contributed by atoms with Gasteiger partial charge in [-0.05, 0) is 55.3 Å². The zero-order valence-corrected chi connectivity index (χ0v) is 19.5. The van der Waals surface area contributed by atoms with Crippen LogP contribution >= 0.6 is 11.3 Å². The molecule has 0 bridgehead atoms. The van der Waals surface area contributed by atoms with Crippen LogP contribution in [0.4, 0.5) is 0 Å².